The van der Waals surface area contributed by atoms with Crippen molar-refractivity contribution in [2.24, 2.45) is 5.92 Å². The highest BCUT2D eigenvalue weighted by atomic mass is 32.1. The molecule has 23 heavy (non-hydrogen) atoms. The first kappa shape index (κ1) is 18.0. The number of carbonyl (C=O) groups is 1. The quantitative estimate of drug-likeness (QED) is 0.740. The molecule has 1 atom stereocenters. The fourth-order valence-electron chi connectivity index (χ4n) is 2.98. The minimum atomic E-state index is 0.0971. The molecule has 1 amide bonds. The number of amides is 1. The first-order chi connectivity index (χ1) is 11.2. The molecule has 5 heteroatoms. The second-order valence-corrected chi connectivity index (χ2v) is 7.35. The minimum Gasteiger partial charge on any atom is -0.355 e. The molecule has 1 aliphatic rings. The lowest BCUT2D eigenvalue weighted by Gasteiger charge is -2.32. The third-order valence-electron chi connectivity index (χ3n) is 4.20. The van der Waals surface area contributed by atoms with E-state index in [0.717, 1.165) is 32.7 Å². The van der Waals surface area contributed by atoms with Crippen molar-refractivity contribution in [3.8, 4) is 12.3 Å². The number of thiophene rings is 1. The molecule has 0 radical (unpaired) electrons. The van der Waals surface area contributed by atoms with Gasteiger partial charge in [-0.15, -0.1) is 23.7 Å². The summed E-state index contributed by atoms with van der Waals surface area (Å²) in [7, 11) is 1.93. The Balaban J connectivity index is 1.66. The Hall–Kier alpha value is -1.35. The van der Waals surface area contributed by atoms with Gasteiger partial charge in [0.2, 0.25) is 5.91 Å². The molecule has 1 aromatic heterocycles. The van der Waals surface area contributed by atoms with Gasteiger partial charge in [-0.05, 0) is 43.8 Å². The third-order valence-corrected chi connectivity index (χ3v) is 5.06. The molecule has 2 heterocycles. The lowest BCUT2D eigenvalue weighted by molar-refractivity contribution is -0.122. The van der Waals surface area contributed by atoms with Gasteiger partial charge in [0.25, 0.3) is 0 Å². The number of likely N-dealkylation sites (tertiary alicyclic amines) is 1. The summed E-state index contributed by atoms with van der Waals surface area (Å²) >= 11 is 1.82. The number of hydrogen-bond acceptors (Lipinski definition) is 4. The van der Waals surface area contributed by atoms with Gasteiger partial charge in [0.15, 0.2) is 0 Å². The van der Waals surface area contributed by atoms with Crippen LogP contribution in [0, 0.1) is 18.3 Å². The molecule has 1 aliphatic heterocycles. The Morgan fingerprint density at radius 2 is 2.48 bits per heavy atom. The molecule has 0 spiro atoms. The van der Waals surface area contributed by atoms with Crippen LogP contribution in [0.3, 0.4) is 0 Å². The second kappa shape index (κ2) is 9.71. The van der Waals surface area contributed by atoms with E-state index in [-0.39, 0.29) is 5.91 Å². The van der Waals surface area contributed by atoms with E-state index < -0.39 is 0 Å². The highest BCUT2D eigenvalue weighted by Crippen LogP contribution is 2.19. The van der Waals surface area contributed by atoms with Gasteiger partial charge in [0.1, 0.15) is 0 Å². The molecule has 2 rings (SSSR count). The van der Waals surface area contributed by atoms with E-state index in [2.05, 4.69) is 33.6 Å². The summed E-state index contributed by atoms with van der Waals surface area (Å²) in [4.78, 5) is 17.9. The van der Waals surface area contributed by atoms with Gasteiger partial charge >= 0.3 is 0 Å². The predicted molar refractivity (Wildman–Crippen MR) is 96.3 cm³/mol. The number of rotatable bonds is 8. The molecule has 1 unspecified atom stereocenters. The molecular formula is C18H27N3OS. The Bertz CT molecular complexity index is 509. The van der Waals surface area contributed by atoms with Crippen LogP contribution in [0.2, 0.25) is 0 Å². The van der Waals surface area contributed by atoms with Gasteiger partial charge in [-0.2, -0.15) is 0 Å². The summed E-state index contributed by atoms with van der Waals surface area (Å²) in [6.45, 7) is 5.25. The largest absolute Gasteiger partial charge is 0.355 e. The fourth-order valence-corrected chi connectivity index (χ4v) is 3.72. The Morgan fingerprint density at radius 1 is 1.61 bits per heavy atom. The molecule has 4 nitrogen and oxygen atoms in total. The number of terminal acetylenes is 1. The zero-order chi connectivity index (χ0) is 16.5. The number of likely N-dealkylation sites (N-methyl/N-ethyl adjacent to an activating group) is 1. The van der Waals surface area contributed by atoms with Gasteiger partial charge in [-0.3, -0.25) is 14.6 Å². The molecule has 0 aromatic carbocycles. The second-order valence-electron chi connectivity index (χ2n) is 6.32. The molecule has 0 bridgehead atoms. The number of piperidine rings is 1. The van der Waals surface area contributed by atoms with Crippen LogP contribution in [0.1, 0.15) is 24.1 Å². The summed E-state index contributed by atoms with van der Waals surface area (Å²) in [6, 6.07) is 4.31. The third kappa shape index (κ3) is 6.74. The number of hydrogen-bond donors (Lipinski definition) is 1. The van der Waals surface area contributed by atoms with E-state index in [1.54, 1.807) is 0 Å². The van der Waals surface area contributed by atoms with Crippen LogP contribution in [0.15, 0.2) is 17.5 Å². The Morgan fingerprint density at radius 3 is 3.22 bits per heavy atom. The van der Waals surface area contributed by atoms with E-state index in [1.165, 1.54) is 17.7 Å². The smallest absolute Gasteiger partial charge is 0.234 e. The topological polar surface area (TPSA) is 35.6 Å². The Kier molecular flexibility index (Phi) is 7.60. The van der Waals surface area contributed by atoms with Crippen molar-refractivity contribution in [3.63, 3.8) is 0 Å². The fraction of sp³-hybridized carbons (Fsp3) is 0.611. The summed E-state index contributed by atoms with van der Waals surface area (Å²) < 4.78 is 0. The van der Waals surface area contributed by atoms with Crippen molar-refractivity contribution in [3.05, 3.63) is 22.4 Å². The minimum absolute atomic E-state index is 0.0971. The average Bonchev–Trinajstić information content (AvgIpc) is 3.04. The zero-order valence-electron chi connectivity index (χ0n) is 14.0. The van der Waals surface area contributed by atoms with Crippen LogP contribution in [0.4, 0.5) is 0 Å². The van der Waals surface area contributed by atoms with Crippen molar-refractivity contribution in [1.29, 1.82) is 0 Å². The maximum Gasteiger partial charge on any atom is 0.234 e. The standard InChI is InChI=1S/C18H27N3OS/c1-3-4-9-20(2)15-18(22)19-12-16-7-5-10-21(13-16)14-17-8-6-11-23-17/h1,6,8,11,16H,4-5,7,9-10,12-15H2,2H3,(H,19,22). The molecule has 0 aliphatic carbocycles. The van der Waals surface area contributed by atoms with Crippen molar-refractivity contribution < 1.29 is 4.79 Å². The van der Waals surface area contributed by atoms with Crippen molar-refractivity contribution >= 4 is 17.2 Å². The molecule has 1 aromatic rings. The highest BCUT2D eigenvalue weighted by Gasteiger charge is 2.20. The van der Waals surface area contributed by atoms with E-state index in [0.29, 0.717) is 18.9 Å². The van der Waals surface area contributed by atoms with Crippen LogP contribution >= 0.6 is 11.3 Å². The first-order valence-corrected chi connectivity index (χ1v) is 9.18. The van der Waals surface area contributed by atoms with Crippen LogP contribution in [-0.4, -0.2) is 55.5 Å². The van der Waals surface area contributed by atoms with Crippen LogP contribution < -0.4 is 5.32 Å². The van der Waals surface area contributed by atoms with E-state index >= 15 is 0 Å². The molecule has 1 fully saturated rings. The van der Waals surface area contributed by atoms with Crippen molar-refractivity contribution in [2.75, 3.05) is 39.8 Å². The number of carbonyl (C=O) groups excluding carboxylic acids is 1. The summed E-state index contributed by atoms with van der Waals surface area (Å²) in [5.74, 6) is 3.26. The number of nitrogens with zero attached hydrogens (tertiary/aromatic N) is 2. The zero-order valence-corrected chi connectivity index (χ0v) is 14.8. The monoisotopic (exact) mass is 333 g/mol. The molecule has 126 valence electrons. The van der Waals surface area contributed by atoms with E-state index in [9.17, 15) is 4.79 Å². The highest BCUT2D eigenvalue weighted by molar-refractivity contribution is 7.09. The van der Waals surface area contributed by atoms with Gasteiger partial charge in [0, 0.05) is 37.5 Å². The summed E-state index contributed by atoms with van der Waals surface area (Å²) in [6.07, 6.45) is 8.35. The normalized spacial score (nSPS) is 18.7. The molecule has 1 saturated heterocycles. The van der Waals surface area contributed by atoms with E-state index in [4.69, 9.17) is 6.42 Å². The average molecular weight is 334 g/mol. The van der Waals surface area contributed by atoms with Crippen molar-refractivity contribution in [1.82, 2.24) is 15.1 Å². The SMILES string of the molecule is C#CCCN(C)CC(=O)NCC1CCCN(Cc2cccs2)C1. The Labute approximate surface area is 143 Å². The summed E-state index contributed by atoms with van der Waals surface area (Å²) in [5, 5.41) is 5.22. The molecule has 0 saturated carbocycles. The van der Waals surface area contributed by atoms with Gasteiger partial charge in [0.05, 0.1) is 6.54 Å². The lowest BCUT2D eigenvalue weighted by Crippen LogP contribution is -2.42. The predicted octanol–water partition coefficient (Wildman–Crippen LogP) is 2.03. The van der Waals surface area contributed by atoms with Gasteiger partial charge < -0.3 is 5.32 Å². The first-order valence-electron chi connectivity index (χ1n) is 8.31. The van der Waals surface area contributed by atoms with Crippen LogP contribution in [-0.2, 0) is 11.3 Å². The maximum atomic E-state index is 12.0. The van der Waals surface area contributed by atoms with Crippen LogP contribution in [0.5, 0.6) is 0 Å². The summed E-state index contributed by atoms with van der Waals surface area (Å²) in [5.41, 5.74) is 0. The molecular weight excluding hydrogens is 306 g/mol. The number of nitrogens with one attached hydrogen (secondary N) is 1. The van der Waals surface area contributed by atoms with E-state index in [1.807, 2.05) is 23.3 Å². The maximum absolute atomic E-state index is 12.0. The lowest BCUT2D eigenvalue weighted by atomic mass is 9.98. The molecule has 1 N–H and O–H groups in total. The van der Waals surface area contributed by atoms with Gasteiger partial charge in [-0.1, -0.05) is 6.07 Å². The van der Waals surface area contributed by atoms with Crippen molar-refractivity contribution in [2.45, 2.75) is 25.8 Å². The van der Waals surface area contributed by atoms with Gasteiger partial charge in [-0.25, -0.2) is 0 Å². The van der Waals surface area contributed by atoms with Crippen LogP contribution in [0.25, 0.3) is 0 Å².